The quantitative estimate of drug-likeness (QED) is 0.320. The molecule has 1 atom stereocenters. The van der Waals surface area contributed by atoms with E-state index in [0.29, 0.717) is 0 Å². The van der Waals surface area contributed by atoms with Gasteiger partial charge in [-0.25, -0.2) is 0 Å². The molecule has 0 rings (SSSR count). The summed E-state index contributed by atoms with van der Waals surface area (Å²) in [5.41, 5.74) is 0. The molecular formula is H5FeNO6S2. The minimum absolute atomic E-state index is 0. The maximum atomic E-state index is 9.42. The van der Waals surface area contributed by atoms with E-state index in [1.54, 1.807) is 0 Å². The molecule has 7 nitrogen and oxygen atoms in total. The Kier molecular flexibility index (Phi) is 10.4. The van der Waals surface area contributed by atoms with Crippen LogP contribution in [0, 0.1) is 0 Å². The van der Waals surface area contributed by atoms with Crippen LogP contribution in [0.5, 0.6) is 0 Å². The molecule has 10 heavy (non-hydrogen) atoms. The summed E-state index contributed by atoms with van der Waals surface area (Å²) in [5, 5.41) is 0. The van der Waals surface area contributed by atoms with Gasteiger partial charge in [-0.3, -0.25) is 9.11 Å². The molecule has 0 aromatic rings. The first-order valence-electron chi connectivity index (χ1n) is 1.20. The summed E-state index contributed by atoms with van der Waals surface area (Å²) in [6.07, 6.45) is 0. The fourth-order valence-corrected chi connectivity index (χ4v) is 0.662. The summed E-state index contributed by atoms with van der Waals surface area (Å²) < 4.78 is 46.4. The van der Waals surface area contributed by atoms with Crippen LogP contribution in [0.15, 0.2) is 0 Å². The Balaban J connectivity index is -0.000000245. The first-order chi connectivity index (χ1) is 3.42. The van der Waals surface area contributed by atoms with Crippen LogP contribution in [0.4, 0.5) is 0 Å². The van der Waals surface area contributed by atoms with Crippen molar-refractivity contribution in [3.8, 4) is 0 Å². The van der Waals surface area contributed by atoms with Crippen LogP contribution in [0.3, 0.4) is 0 Å². The van der Waals surface area contributed by atoms with Crippen LogP contribution in [0.1, 0.15) is 0 Å². The largest absolute Gasteiger partial charge is 0.412 e. The van der Waals surface area contributed by atoms with Crippen molar-refractivity contribution in [2.24, 2.45) is 0 Å². The van der Waals surface area contributed by atoms with Gasteiger partial charge in [0.2, 0.25) is 0 Å². The smallest absolute Gasteiger partial charge is 0.344 e. The molecule has 0 aliphatic heterocycles. The molecule has 66 valence electrons. The van der Waals surface area contributed by atoms with Gasteiger partial charge in [0, 0.05) is 17.1 Å². The van der Waals surface area contributed by atoms with Crippen molar-refractivity contribution in [3.63, 3.8) is 0 Å². The molecule has 0 aromatic carbocycles. The fraction of sp³-hybridized carbons (Fsp3) is 0. The first-order valence-corrected chi connectivity index (χ1v) is 3.60. The average Bonchev–Trinajstić information content (AvgIpc) is 1.21. The van der Waals surface area contributed by atoms with Crippen LogP contribution in [-0.2, 0) is 42.5 Å². The third-order valence-corrected chi connectivity index (χ3v) is 1.30. The molecular weight excluding hydrogens is 230 g/mol. The predicted molar refractivity (Wildman–Crippen MR) is 28.4 cm³/mol. The van der Waals surface area contributed by atoms with Crippen LogP contribution in [0.25, 0.3) is 0 Å². The van der Waals surface area contributed by atoms with Crippen molar-refractivity contribution in [1.82, 2.24) is 6.15 Å². The molecule has 0 radical (unpaired) electrons. The molecule has 0 fully saturated rings. The minimum atomic E-state index is -4.77. The normalized spacial score (nSPS) is 12.6. The van der Waals surface area contributed by atoms with E-state index in [9.17, 15) is 12.6 Å². The molecule has 10 heteroatoms. The predicted octanol–water partition coefficient (Wildman–Crippen LogP) is -0.898. The summed E-state index contributed by atoms with van der Waals surface area (Å²) in [4.78, 5) is 0. The van der Waals surface area contributed by atoms with E-state index in [0.717, 1.165) is 0 Å². The van der Waals surface area contributed by atoms with Gasteiger partial charge in [0.15, 0.2) is 0 Å². The molecule has 0 heterocycles. The zero-order valence-corrected chi connectivity index (χ0v) is 7.14. The van der Waals surface area contributed by atoms with E-state index in [-0.39, 0.29) is 23.2 Å². The second-order valence-electron chi connectivity index (χ2n) is 0.713. The summed E-state index contributed by atoms with van der Waals surface area (Å²) in [6, 6.07) is 0. The number of rotatable bonds is 2. The summed E-state index contributed by atoms with van der Waals surface area (Å²) in [7, 11) is -4.77. The Labute approximate surface area is 70.6 Å². The molecule has 0 saturated carbocycles. The van der Waals surface area contributed by atoms with E-state index in [1.807, 2.05) is 0 Å². The Morgan fingerprint density at radius 3 is 1.70 bits per heavy atom. The van der Waals surface area contributed by atoms with Gasteiger partial charge in [-0.2, -0.15) is 12.6 Å². The molecule has 0 aliphatic rings. The van der Waals surface area contributed by atoms with Crippen molar-refractivity contribution in [3.05, 3.63) is 0 Å². The van der Waals surface area contributed by atoms with Gasteiger partial charge < -0.3 is 6.15 Å². The standard InChI is InChI=1S/Fe.H3N.H2O6S2/c;;1-7(2)6-8(3,4)5/h;1H3;(H,1,2)(H,3,4,5). The third-order valence-electron chi connectivity index (χ3n) is 0.144. The van der Waals surface area contributed by atoms with E-state index < -0.39 is 21.8 Å². The topological polar surface area (TPSA) is 136 Å². The van der Waals surface area contributed by atoms with Crippen LogP contribution < -0.4 is 6.15 Å². The van der Waals surface area contributed by atoms with Crippen molar-refractivity contribution in [2.45, 2.75) is 0 Å². The van der Waals surface area contributed by atoms with Crippen LogP contribution in [-0.4, -0.2) is 21.7 Å². The Morgan fingerprint density at radius 1 is 1.40 bits per heavy atom. The maximum absolute atomic E-state index is 9.42. The average molecular weight is 235 g/mol. The fourth-order valence-electron chi connectivity index (χ4n) is 0.0736. The summed E-state index contributed by atoms with van der Waals surface area (Å²) >= 11 is -2.97. The molecule has 0 aromatic heterocycles. The number of hydrogen-bond acceptors (Lipinski definition) is 5. The molecule has 0 bridgehead atoms. The monoisotopic (exact) mass is 235 g/mol. The molecule has 0 spiro atoms. The molecule has 1 unspecified atom stereocenters. The van der Waals surface area contributed by atoms with Crippen molar-refractivity contribution < 1.29 is 42.4 Å². The van der Waals surface area contributed by atoms with E-state index in [2.05, 4.69) is 3.63 Å². The summed E-state index contributed by atoms with van der Waals surface area (Å²) in [5.74, 6) is 0. The van der Waals surface area contributed by atoms with E-state index in [4.69, 9.17) is 9.11 Å². The van der Waals surface area contributed by atoms with Crippen molar-refractivity contribution >= 4 is 21.8 Å². The minimum Gasteiger partial charge on any atom is -0.344 e. The van der Waals surface area contributed by atoms with E-state index >= 15 is 0 Å². The first kappa shape index (κ1) is 16.8. The zero-order valence-electron chi connectivity index (χ0n) is 4.40. The van der Waals surface area contributed by atoms with Gasteiger partial charge in [-0.15, -0.1) is 3.63 Å². The Hall–Kier alpha value is 0.459. The molecule has 0 saturated heterocycles. The van der Waals surface area contributed by atoms with Crippen molar-refractivity contribution in [2.75, 3.05) is 0 Å². The number of hydrogen-bond donors (Lipinski definition) is 3. The second-order valence-corrected chi connectivity index (χ2v) is 2.55. The van der Waals surface area contributed by atoms with Gasteiger partial charge in [-0.05, 0) is 0 Å². The van der Waals surface area contributed by atoms with Crippen LogP contribution in [0.2, 0.25) is 0 Å². The zero-order chi connectivity index (χ0) is 6.78. The molecule has 5 N–H and O–H groups in total. The molecule has 0 amide bonds. The molecule has 0 aliphatic carbocycles. The Morgan fingerprint density at radius 2 is 1.70 bits per heavy atom. The SMILES string of the molecule is N.O=S(O)OS(=O)(=O)O.[Fe]. The van der Waals surface area contributed by atoms with Crippen molar-refractivity contribution in [1.29, 1.82) is 0 Å². The van der Waals surface area contributed by atoms with Crippen LogP contribution >= 0.6 is 0 Å². The van der Waals surface area contributed by atoms with E-state index in [1.165, 1.54) is 0 Å². The Bertz CT molecular complexity index is 182. The second kappa shape index (κ2) is 6.19. The van der Waals surface area contributed by atoms with Gasteiger partial charge in [-0.1, -0.05) is 0 Å². The van der Waals surface area contributed by atoms with Gasteiger partial charge >= 0.3 is 21.8 Å². The summed E-state index contributed by atoms with van der Waals surface area (Å²) in [6.45, 7) is 0. The van der Waals surface area contributed by atoms with Gasteiger partial charge in [0.05, 0.1) is 0 Å². The van der Waals surface area contributed by atoms with Gasteiger partial charge in [0.1, 0.15) is 0 Å². The maximum Gasteiger partial charge on any atom is 0.412 e. The van der Waals surface area contributed by atoms with Gasteiger partial charge in [0.25, 0.3) is 0 Å². The third kappa shape index (κ3) is 15.8.